The Morgan fingerprint density at radius 1 is 1.04 bits per heavy atom. The average Bonchev–Trinajstić information content (AvgIpc) is 3.40. The number of rotatable bonds is 5. The number of carbonyl (C=O) groups excluding carboxylic acids is 2. The Labute approximate surface area is 148 Å². The Bertz CT molecular complexity index is 862. The number of amides is 3. The van der Waals surface area contributed by atoms with Gasteiger partial charge >= 0.3 is 6.03 Å². The van der Waals surface area contributed by atoms with Crippen LogP contribution in [-0.4, -0.2) is 22.9 Å². The van der Waals surface area contributed by atoms with E-state index >= 15 is 0 Å². The lowest BCUT2D eigenvalue weighted by atomic mass is 10.1. The van der Waals surface area contributed by atoms with E-state index in [1.54, 1.807) is 24.3 Å². The molecule has 3 amide bonds. The third kappa shape index (κ3) is 4.26. The smallest absolute Gasteiger partial charge is 0.319 e. The highest BCUT2D eigenvalue weighted by Crippen LogP contribution is 2.23. The van der Waals surface area contributed by atoms with Gasteiger partial charge in [-0.15, -0.1) is 0 Å². The Morgan fingerprint density at radius 3 is 2.23 bits per heavy atom. The first-order chi connectivity index (χ1) is 12.4. The van der Waals surface area contributed by atoms with Crippen LogP contribution in [0.5, 0.6) is 0 Å². The molecule has 0 atom stereocenters. The van der Waals surface area contributed by atoms with Crippen molar-refractivity contribution in [2.45, 2.75) is 18.9 Å². The summed E-state index contributed by atoms with van der Waals surface area (Å²) in [6.45, 7) is 0. The van der Waals surface area contributed by atoms with E-state index in [9.17, 15) is 19.7 Å². The molecule has 134 valence electrons. The van der Waals surface area contributed by atoms with Gasteiger partial charge in [0.15, 0.2) is 0 Å². The fraction of sp³-hybridized carbons (Fsp3) is 0.176. The van der Waals surface area contributed by atoms with Crippen molar-refractivity contribution in [2.24, 2.45) is 0 Å². The molecule has 2 aromatic rings. The lowest BCUT2D eigenvalue weighted by molar-refractivity contribution is -0.383. The number of nitro groups is 1. The number of hydrogen-bond acceptors (Lipinski definition) is 5. The number of nitrogens with zero attached hydrogens (tertiary/aromatic N) is 1. The first-order valence-electron chi connectivity index (χ1n) is 7.95. The summed E-state index contributed by atoms with van der Waals surface area (Å²) in [7, 11) is 0. The third-order valence-electron chi connectivity index (χ3n) is 3.80. The number of hydrogen-bond donors (Lipinski definition) is 4. The van der Waals surface area contributed by atoms with Crippen LogP contribution in [0.4, 0.5) is 27.5 Å². The van der Waals surface area contributed by atoms with Crippen molar-refractivity contribution >= 4 is 34.7 Å². The molecule has 1 saturated carbocycles. The summed E-state index contributed by atoms with van der Waals surface area (Å²) in [4.78, 5) is 34.2. The van der Waals surface area contributed by atoms with Gasteiger partial charge < -0.3 is 21.7 Å². The van der Waals surface area contributed by atoms with Gasteiger partial charge in [-0.25, -0.2) is 4.79 Å². The molecule has 0 aliphatic heterocycles. The van der Waals surface area contributed by atoms with Gasteiger partial charge in [0.25, 0.3) is 11.6 Å². The molecule has 1 fully saturated rings. The largest absolute Gasteiger partial charge is 0.393 e. The molecule has 1 aliphatic rings. The van der Waals surface area contributed by atoms with Crippen LogP contribution >= 0.6 is 0 Å². The SMILES string of the molecule is Nc1ccc(C(=O)Nc2ccc(NC(=O)NC3CC3)cc2)cc1[N+](=O)[O-]. The highest BCUT2D eigenvalue weighted by Gasteiger charge is 2.23. The molecule has 2 aromatic carbocycles. The van der Waals surface area contributed by atoms with E-state index in [-0.39, 0.29) is 29.0 Å². The molecule has 9 heteroatoms. The van der Waals surface area contributed by atoms with Crippen molar-refractivity contribution in [1.29, 1.82) is 0 Å². The van der Waals surface area contributed by atoms with Crippen molar-refractivity contribution in [1.82, 2.24) is 5.32 Å². The molecule has 0 radical (unpaired) electrons. The quantitative estimate of drug-likeness (QED) is 0.371. The molecule has 0 unspecified atom stereocenters. The van der Waals surface area contributed by atoms with E-state index in [1.807, 2.05) is 0 Å². The zero-order valence-electron chi connectivity index (χ0n) is 13.7. The normalized spacial score (nSPS) is 12.9. The van der Waals surface area contributed by atoms with Crippen LogP contribution in [0.2, 0.25) is 0 Å². The lowest BCUT2D eigenvalue weighted by Crippen LogP contribution is -2.30. The van der Waals surface area contributed by atoms with Gasteiger partial charge in [-0.05, 0) is 49.2 Å². The number of nitro benzene ring substituents is 1. The standard InChI is InChI=1S/C17H17N5O4/c18-14-8-1-10(9-15(14)22(25)26)16(23)19-11-2-4-12(5-3-11)20-17(24)21-13-6-7-13/h1-5,8-9,13H,6-7,18H2,(H,19,23)(H2,20,21,24). The van der Waals surface area contributed by atoms with E-state index in [2.05, 4.69) is 16.0 Å². The van der Waals surface area contributed by atoms with Crippen molar-refractivity contribution in [2.75, 3.05) is 16.4 Å². The van der Waals surface area contributed by atoms with Crippen molar-refractivity contribution in [3.8, 4) is 0 Å². The van der Waals surface area contributed by atoms with Crippen LogP contribution in [0.1, 0.15) is 23.2 Å². The van der Waals surface area contributed by atoms with Crippen LogP contribution in [0, 0.1) is 10.1 Å². The number of anilines is 3. The maximum Gasteiger partial charge on any atom is 0.319 e. The van der Waals surface area contributed by atoms with E-state index in [1.165, 1.54) is 12.1 Å². The van der Waals surface area contributed by atoms with E-state index in [4.69, 9.17) is 5.73 Å². The van der Waals surface area contributed by atoms with Crippen molar-refractivity contribution in [3.05, 3.63) is 58.1 Å². The van der Waals surface area contributed by atoms with Gasteiger partial charge in [-0.1, -0.05) is 0 Å². The molecule has 9 nitrogen and oxygen atoms in total. The minimum Gasteiger partial charge on any atom is -0.393 e. The highest BCUT2D eigenvalue weighted by molar-refractivity contribution is 6.05. The van der Waals surface area contributed by atoms with Crippen LogP contribution in [-0.2, 0) is 0 Å². The Kier molecular flexibility index (Phi) is 4.70. The lowest BCUT2D eigenvalue weighted by Gasteiger charge is -2.09. The van der Waals surface area contributed by atoms with E-state index in [0.29, 0.717) is 11.4 Å². The van der Waals surface area contributed by atoms with Crippen molar-refractivity contribution < 1.29 is 14.5 Å². The molecule has 0 saturated heterocycles. The molecule has 1 aliphatic carbocycles. The maximum absolute atomic E-state index is 12.2. The summed E-state index contributed by atoms with van der Waals surface area (Å²) >= 11 is 0. The molecule has 26 heavy (non-hydrogen) atoms. The number of nitrogen functional groups attached to an aromatic ring is 1. The topological polar surface area (TPSA) is 139 Å². The monoisotopic (exact) mass is 355 g/mol. The molecular weight excluding hydrogens is 338 g/mol. The fourth-order valence-electron chi connectivity index (χ4n) is 2.26. The predicted molar refractivity (Wildman–Crippen MR) is 97.1 cm³/mol. The average molecular weight is 355 g/mol. The highest BCUT2D eigenvalue weighted by atomic mass is 16.6. The predicted octanol–water partition coefficient (Wildman–Crippen LogP) is 2.71. The number of carbonyl (C=O) groups is 2. The maximum atomic E-state index is 12.2. The Hall–Kier alpha value is -3.62. The van der Waals surface area contributed by atoms with Gasteiger partial charge in [0.2, 0.25) is 0 Å². The van der Waals surface area contributed by atoms with E-state index in [0.717, 1.165) is 18.9 Å². The minimum absolute atomic E-state index is 0.00792. The fourth-order valence-corrected chi connectivity index (χ4v) is 2.26. The molecule has 0 aromatic heterocycles. The second kappa shape index (κ2) is 7.09. The molecule has 5 N–H and O–H groups in total. The summed E-state index contributed by atoms with van der Waals surface area (Å²) in [6.07, 6.45) is 2.00. The summed E-state index contributed by atoms with van der Waals surface area (Å²) in [6, 6.07) is 10.4. The first kappa shape index (κ1) is 17.2. The molecule has 0 bridgehead atoms. The first-order valence-corrected chi connectivity index (χ1v) is 7.95. The molecule has 0 spiro atoms. The molecule has 3 rings (SSSR count). The minimum atomic E-state index is -0.640. The van der Waals surface area contributed by atoms with Gasteiger partial charge in [0.05, 0.1) is 4.92 Å². The van der Waals surface area contributed by atoms with Crippen LogP contribution in [0.15, 0.2) is 42.5 Å². The third-order valence-corrected chi connectivity index (χ3v) is 3.80. The Morgan fingerprint density at radius 2 is 1.65 bits per heavy atom. The Balaban J connectivity index is 1.63. The van der Waals surface area contributed by atoms with Gasteiger partial charge in [0.1, 0.15) is 5.69 Å². The van der Waals surface area contributed by atoms with Crippen LogP contribution < -0.4 is 21.7 Å². The number of urea groups is 1. The van der Waals surface area contributed by atoms with Gasteiger partial charge in [0, 0.05) is 29.0 Å². The van der Waals surface area contributed by atoms with Crippen LogP contribution in [0.3, 0.4) is 0 Å². The number of nitrogens with one attached hydrogen (secondary N) is 3. The summed E-state index contributed by atoms with van der Waals surface area (Å²) < 4.78 is 0. The summed E-state index contributed by atoms with van der Waals surface area (Å²) in [5, 5.41) is 19.0. The van der Waals surface area contributed by atoms with E-state index < -0.39 is 10.8 Å². The molecular formula is C17H17N5O4. The van der Waals surface area contributed by atoms with Gasteiger partial charge in [-0.2, -0.15) is 0 Å². The van der Waals surface area contributed by atoms with Gasteiger partial charge in [-0.3, -0.25) is 14.9 Å². The zero-order valence-corrected chi connectivity index (χ0v) is 13.7. The van der Waals surface area contributed by atoms with Crippen molar-refractivity contribution in [3.63, 3.8) is 0 Å². The second-order valence-corrected chi connectivity index (χ2v) is 5.93. The summed E-state index contributed by atoms with van der Waals surface area (Å²) in [5.74, 6) is -0.500. The number of nitrogens with two attached hydrogens (primary N) is 1. The van der Waals surface area contributed by atoms with Crippen LogP contribution in [0.25, 0.3) is 0 Å². The second-order valence-electron chi connectivity index (χ2n) is 5.93. The summed E-state index contributed by atoms with van der Waals surface area (Å²) in [5.41, 5.74) is 6.39. The number of benzene rings is 2. The zero-order chi connectivity index (χ0) is 18.7. The molecule has 0 heterocycles.